The highest BCUT2D eigenvalue weighted by Crippen LogP contribution is 1.94. The van der Waals surface area contributed by atoms with Gasteiger partial charge < -0.3 is 10.1 Å². The summed E-state index contributed by atoms with van der Waals surface area (Å²) in [6.45, 7) is 7.52. The van der Waals surface area contributed by atoms with E-state index in [9.17, 15) is 9.59 Å². The Bertz CT molecular complexity index is 444. The maximum Gasteiger partial charge on any atom is 0.413 e. The molecule has 0 aromatic carbocycles. The number of carbonyl (C=O) groups is 2. The van der Waals surface area contributed by atoms with Crippen LogP contribution < -0.4 is 10.6 Å². The van der Waals surface area contributed by atoms with Crippen molar-refractivity contribution in [3.8, 4) is 0 Å². The third-order valence-corrected chi connectivity index (χ3v) is 2.27. The summed E-state index contributed by atoms with van der Waals surface area (Å²) >= 11 is 0. The lowest BCUT2D eigenvalue weighted by Crippen LogP contribution is -2.33. The van der Waals surface area contributed by atoms with Gasteiger partial charge in [-0.25, -0.2) is 9.48 Å². The number of nitrogens with zero attached hydrogens (tertiary/aromatic N) is 3. The van der Waals surface area contributed by atoms with Gasteiger partial charge in [0.25, 0.3) is 5.91 Å². The molecule has 2 amide bonds. The molecule has 0 fully saturated rings. The van der Waals surface area contributed by atoms with Crippen molar-refractivity contribution < 1.29 is 14.3 Å². The van der Waals surface area contributed by atoms with E-state index >= 15 is 0 Å². The molecule has 2 N–H and O–H groups in total. The van der Waals surface area contributed by atoms with Crippen LogP contribution in [0.3, 0.4) is 0 Å². The fourth-order valence-electron chi connectivity index (χ4n) is 1.45. The number of hydrogen-bond acceptors (Lipinski definition) is 6. The van der Waals surface area contributed by atoms with Crippen LogP contribution in [0, 0.1) is 5.92 Å². The van der Waals surface area contributed by atoms with E-state index in [-0.39, 0.29) is 13.2 Å². The van der Waals surface area contributed by atoms with Crippen molar-refractivity contribution in [2.45, 2.75) is 33.9 Å². The molecule has 1 aromatic heterocycles. The zero-order chi connectivity index (χ0) is 15.0. The average Bonchev–Trinajstić information content (AvgIpc) is 2.76. The maximum absolute atomic E-state index is 11.5. The van der Waals surface area contributed by atoms with Gasteiger partial charge in [0, 0.05) is 6.54 Å². The van der Waals surface area contributed by atoms with Crippen LogP contribution in [-0.2, 0) is 22.6 Å². The fraction of sp³-hybridized carbons (Fsp3) is 0.667. The number of amides is 2. The topological polar surface area (TPSA) is 98.1 Å². The van der Waals surface area contributed by atoms with Gasteiger partial charge in [-0.15, -0.1) is 5.10 Å². The first kappa shape index (κ1) is 16.1. The zero-order valence-electron chi connectivity index (χ0n) is 12.0. The minimum absolute atomic E-state index is 0.0734. The molecule has 0 aliphatic rings. The molecule has 0 atom stereocenters. The monoisotopic (exact) mass is 283 g/mol. The van der Waals surface area contributed by atoms with Crippen LogP contribution >= 0.6 is 0 Å². The van der Waals surface area contributed by atoms with E-state index in [1.165, 1.54) is 4.68 Å². The summed E-state index contributed by atoms with van der Waals surface area (Å²) in [5, 5.41) is 13.1. The number of aromatic nitrogens is 3. The molecule has 1 rings (SSSR count). The lowest BCUT2D eigenvalue weighted by atomic mass is 10.2. The molecule has 0 bridgehead atoms. The van der Waals surface area contributed by atoms with E-state index in [1.807, 2.05) is 0 Å². The van der Waals surface area contributed by atoms with Gasteiger partial charge in [0.2, 0.25) is 0 Å². The van der Waals surface area contributed by atoms with Crippen molar-refractivity contribution >= 4 is 12.0 Å². The number of hydrogen-bond donors (Lipinski definition) is 2. The maximum atomic E-state index is 11.5. The van der Waals surface area contributed by atoms with Gasteiger partial charge in [0.15, 0.2) is 0 Å². The van der Waals surface area contributed by atoms with Gasteiger partial charge in [-0.05, 0) is 19.4 Å². The Morgan fingerprint density at radius 2 is 2.20 bits per heavy atom. The fourth-order valence-corrected chi connectivity index (χ4v) is 1.45. The van der Waals surface area contributed by atoms with Crippen LogP contribution in [0.15, 0.2) is 6.20 Å². The molecule has 1 heterocycles. The smallest absolute Gasteiger partial charge is 0.413 e. The standard InChI is InChI=1S/C12H21N5O3/c1-4-20-12(19)14-11(18)8-17-7-10(15-16-17)6-13-5-9(2)3/h7,9,13H,4-6,8H2,1-3H3,(H,14,18,19). The number of alkyl carbamates (subject to hydrolysis) is 1. The summed E-state index contributed by atoms with van der Waals surface area (Å²) in [4.78, 5) is 22.5. The van der Waals surface area contributed by atoms with E-state index in [0.29, 0.717) is 12.5 Å². The molecule has 0 aliphatic heterocycles. The number of rotatable bonds is 7. The van der Waals surface area contributed by atoms with Crippen molar-refractivity contribution in [2.24, 2.45) is 5.92 Å². The van der Waals surface area contributed by atoms with Crippen LogP contribution in [0.5, 0.6) is 0 Å². The van der Waals surface area contributed by atoms with E-state index in [0.717, 1.165) is 12.2 Å². The van der Waals surface area contributed by atoms with Crippen LogP contribution in [0.4, 0.5) is 4.79 Å². The normalized spacial score (nSPS) is 10.6. The van der Waals surface area contributed by atoms with Crippen molar-refractivity contribution in [3.63, 3.8) is 0 Å². The minimum Gasteiger partial charge on any atom is -0.450 e. The first-order valence-corrected chi connectivity index (χ1v) is 6.57. The molecule has 0 radical (unpaired) electrons. The lowest BCUT2D eigenvalue weighted by Gasteiger charge is -2.04. The van der Waals surface area contributed by atoms with Gasteiger partial charge in [0.05, 0.1) is 18.5 Å². The molecule has 0 saturated heterocycles. The molecule has 0 saturated carbocycles. The minimum atomic E-state index is -0.753. The third-order valence-electron chi connectivity index (χ3n) is 2.27. The third kappa shape index (κ3) is 6.28. The Labute approximate surface area is 117 Å². The lowest BCUT2D eigenvalue weighted by molar-refractivity contribution is -0.121. The van der Waals surface area contributed by atoms with Crippen LogP contribution in [0.2, 0.25) is 0 Å². The van der Waals surface area contributed by atoms with E-state index < -0.39 is 12.0 Å². The molecular formula is C12H21N5O3. The van der Waals surface area contributed by atoms with Gasteiger partial charge in [-0.3, -0.25) is 10.1 Å². The highest BCUT2D eigenvalue weighted by Gasteiger charge is 2.10. The molecule has 0 unspecified atom stereocenters. The SMILES string of the molecule is CCOC(=O)NC(=O)Cn1cc(CNCC(C)C)nn1. The summed E-state index contributed by atoms with van der Waals surface area (Å²) < 4.78 is 5.98. The quantitative estimate of drug-likeness (QED) is 0.746. The van der Waals surface area contributed by atoms with E-state index in [2.05, 4.69) is 39.5 Å². The Morgan fingerprint density at radius 1 is 1.45 bits per heavy atom. The molecule has 0 spiro atoms. The Kier molecular flexibility index (Phi) is 6.65. The van der Waals surface area contributed by atoms with Crippen molar-refractivity contribution in [2.75, 3.05) is 13.2 Å². The second-order valence-electron chi connectivity index (χ2n) is 4.70. The molecular weight excluding hydrogens is 262 g/mol. The van der Waals surface area contributed by atoms with E-state index in [1.54, 1.807) is 13.1 Å². The number of imide groups is 1. The summed E-state index contributed by atoms with van der Waals surface area (Å²) in [5.41, 5.74) is 0.745. The van der Waals surface area contributed by atoms with E-state index in [4.69, 9.17) is 0 Å². The molecule has 112 valence electrons. The van der Waals surface area contributed by atoms with Crippen molar-refractivity contribution in [1.29, 1.82) is 0 Å². The highest BCUT2D eigenvalue weighted by atomic mass is 16.5. The largest absolute Gasteiger partial charge is 0.450 e. The number of carbonyl (C=O) groups excluding carboxylic acids is 2. The second kappa shape index (κ2) is 8.26. The predicted molar refractivity (Wildman–Crippen MR) is 71.7 cm³/mol. The zero-order valence-corrected chi connectivity index (χ0v) is 12.0. The molecule has 8 heteroatoms. The highest BCUT2D eigenvalue weighted by molar-refractivity contribution is 5.91. The molecule has 0 aliphatic carbocycles. The van der Waals surface area contributed by atoms with Gasteiger partial charge >= 0.3 is 6.09 Å². The molecule has 20 heavy (non-hydrogen) atoms. The Balaban J connectivity index is 2.35. The summed E-state index contributed by atoms with van der Waals surface area (Å²) in [6.07, 6.45) is 0.911. The Hall–Kier alpha value is -1.96. The number of ether oxygens (including phenoxy) is 1. The van der Waals surface area contributed by atoms with Crippen molar-refractivity contribution in [1.82, 2.24) is 25.6 Å². The van der Waals surface area contributed by atoms with Gasteiger partial charge in [0.1, 0.15) is 6.54 Å². The molecule has 1 aromatic rings. The summed E-state index contributed by atoms with van der Waals surface area (Å²) in [5.74, 6) is 0.0652. The average molecular weight is 283 g/mol. The van der Waals surface area contributed by atoms with Gasteiger partial charge in [-0.1, -0.05) is 19.1 Å². The first-order valence-electron chi connectivity index (χ1n) is 6.57. The molecule has 8 nitrogen and oxygen atoms in total. The van der Waals surface area contributed by atoms with Gasteiger partial charge in [-0.2, -0.15) is 0 Å². The van der Waals surface area contributed by atoms with Crippen LogP contribution in [-0.4, -0.2) is 40.1 Å². The summed E-state index contributed by atoms with van der Waals surface area (Å²) in [7, 11) is 0. The second-order valence-corrected chi connectivity index (χ2v) is 4.70. The predicted octanol–water partition coefficient (Wildman–Crippen LogP) is 0.296. The number of nitrogens with one attached hydrogen (secondary N) is 2. The summed E-state index contributed by atoms with van der Waals surface area (Å²) in [6, 6.07) is 0. The Morgan fingerprint density at radius 3 is 2.85 bits per heavy atom. The first-order chi connectivity index (χ1) is 9.51. The van der Waals surface area contributed by atoms with Crippen molar-refractivity contribution in [3.05, 3.63) is 11.9 Å². The van der Waals surface area contributed by atoms with Crippen LogP contribution in [0.1, 0.15) is 26.5 Å². The van der Waals surface area contributed by atoms with Crippen LogP contribution in [0.25, 0.3) is 0 Å².